The molecule has 2 aromatic carbocycles. The molecule has 0 radical (unpaired) electrons. The molecule has 278 valence electrons. The predicted octanol–water partition coefficient (Wildman–Crippen LogP) is 4.81. The van der Waals surface area contributed by atoms with E-state index in [-0.39, 0.29) is 24.0 Å². The van der Waals surface area contributed by atoms with Crippen LogP contribution < -0.4 is 0 Å². The maximum Gasteiger partial charge on any atom is 0.338 e. The summed E-state index contributed by atoms with van der Waals surface area (Å²) in [4.78, 5) is 80.9. The summed E-state index contributed by atoms with van der Waals surface area (Å²) in [6.07, 6.45) is -5.96. The number of rotatable bonds is 8. The number of aliphatic hydroxyl groups is 1. The maximum absolute atomic E-state index is 14.8. The SMILES string of the molecule is C=C[C@@]1(C)CC(OC(=O)c2ccccc2)C2[C@@]3(C)[C@@H](OC(=O)c4ccccc4)[C@@H](OC(C)=O)[C@@H](OC(C)=O)C(C)(C)[C@@H]3C[C@@H](OC(C)=O)[C@@]2(O)C1=O. The molecular weight excluding hydrogens is 672 g/mol. The molecule has 0 bridgehead atoms. The Morgan fingerprint density at radius 3 is 1.71 bits per heavy atom. The molecule has 2 aromatic rings. The molecule has 3 aliphatic carbocycles. The molecule has 52 heavy (non-hydrogen) atoms. The summed E-state index contributed by atoms with van der Waals surface area (Å²) in [7, 11) is 0. The van der Waals surface area contributed by atoms with Crippen LogP contribution in [0.1, 0.15) is 82.0 Å². The lowest BCUT2D eigenvalue weighted by Crippen LogP contribution is -2.81. The Morgan fingerprint density at radius 1 is 0.731 bits per heavy atom. The van der Waals surface area contributed by atoms with E-state index in [4.69, 9.17) is 23.7 Å². The number of benzene rings is 2. The minimum Gasteiger partial charge on any atom is -0.459 e. The second-order valence-corrected chi connectivity index (χ2v) is 15.1. The van der Waals surface area contributed by atoms with Gasteiger partial charge >= 0.3 is 29.8 Å². The molecule has 0 aliphatic heterocycles. The number of esters is 5. The average molecular weight is 719 g/mol. The highest BCUT2D eigenvalue weighted by Crippen LogP contribution is 2.68. The summed E-state index contributed by atoms with van der Waals surface area (Å²) < 4.78 is 30.2. The van der Waals surface area contributed by atoms with E-state index in [0.29, 0.717) is 0 Å². The lowest BCUT2D eigenvalue weighted by Gasteiger charge is -2.69. The molecule has 5 rings (SSSR count). The summed E-state index contributed by atoms with van der Waals surface area (Å²) >= 11 is 0. The first kappa shape index (κ1) is 38.4. The van der Waals surface area contributed by atoms with Crippen molar-refractivity contribution in [3.05, 3.63) is 84.4 Å². The Labute approximate surface area is 302 Å². The zero-order valence-corrected chi connectivity index (χ0v) is 30.5. The fourth-order valence-corrected chi connectivity index (χ4v) is 9.28. The molecule has 12 nitrogen and oxygen atoms in total. The first-order valence-corrected chi connectivity index (χ1v) is 17.3. The topological polar surface area (TPSA) is 169 Å². The van der Waals surface area contributed by atoms with E-state index < -0.39 is 99.8 Å². The summed E-state index contributed by atoms with van der Waals surface area (Å²) in [6.45, 7) is 14.1. The Balaban J connectivity index is 1.82. The molecule has 2 unspecified atom stereocenters. The number of ether oxygens (including phenoxy) is 5. The van der Waals surface area contributed by atoms with Crippen LogP contribution in [0.4, 0.5) is 0 Å². The zero-order chi connectivity index (χ0) is 38.4. The van der Waals surface area contributed by atoms with Crippen molar-refractivity contribution < 1.29 is 57.6 Å². The molecule has 0 amide bonds. The third kappa shape index (κ3) is 6.42. The molecule has 12 heteroatoms. The Hall–Kier alpha value is -4.84. The number of ketones is 1. The first-order chi connectivity index (χ1) is 24.3. The van der Waals surface area contributed by atoms with Gasteiger partial charge in [0.2, 0.25) is 0 Å². The van der Waals surface area contributed by atoms with Gasteiger partial charge in [-0.1, -0.05) is 63.2 Å². The Morgan fingerprint density at radius 2 is 1.23 bits per heavy atom. The molecule has 3 fully saturated rings. The molecular formula is C40H46O12. The van der Waals surface area contributed by atoms with Crippen LogP contribution in [0.3, 0.4) is 0 Å². The van der Waals surface area contributed by atoms with Gasteiger partial charge < -0.3 is 28.8 Å². The van der Waals surface area contributed by atoms with Crippen LogP contribution in [0.5, 0.6) is 0 Å². The summed E-state index contributed by atoms with van der Waals surface area (Å²) in [5.41, 5.74) is -6.47. The van der Waals surface area contributed by atoms with Crippen molar-refractivity contribution in [3.8, 4) is 0 Å². The third-order valence-corrected chi connectivity index (χ3v) is 11.4. The van der Waals surface area contributed by atoms with Crippen LogP contribution in [-0.4, -0.2) is 76.9 Å². The summed E-state index contributed by atoms with van der Waals surface area (Å²) in [6, 6.07) is 16.2. The van der Waals surface area contributed by atoms with E-state index in [0.717, 1.165) is 13.8 Å². The van der Waals surface area contributed by atoms with Crippen LogP contribution in [0.25, 0.3) is 0 Å². The van der Waals surface area contributed by atoms with Crippen molar-refractivity contribution in [2.75, 3.05) is 0 Å². The van der Waals surface area contributed by atoms with Gasteiger partial charge in [0.1, 0.15) is 24.4 Å². The maximum atomic E-state index is 14.8. The minimum atomic E-state index is -2.55. The van der Waals surface area contributed by atoms with Crippen LogP contribution in [0.2, 0.25) is 0 Å². The molecule has 3 saturated carbocycles. The number of carbonyl (C=O) groups is 6. The largest absolute Gasteiger partial charge is 0.459 e. The Bertz CT molecular complexity index is 1750. The van der Waals surface area contributed by atoms with Crippen molar-refractivity contribution in [2.24, 2.45) is 28.1 Å². The molecule has 10 atom stereocenters. The van der Waals surface area contributed by atoms with Gasteiger partial charge in [-0.3, -0.25) is 19.2 Å². The van der Waals surface area contributed by atoms with Crippen LogP contribution in [0, 0.1) is 28.1 Å². The van der Waals surface area contributed by atoms with Crippen molar-refractivity contribution in [2.45, 2.75) is 97.4 Å². The van der Waals surface area contributed by atoms with E-state index in [9.17, 15) is 33.9 Å². The van der Waals surface area contributed by atoms with E-state index in [1.54, 1.807) is 76.2 Å². The predicted molar refractivity (Wildman–Crippen MR) is 184 cm³/mol. The summed E-state index contributed by atoms with van der Waals surface area (Å²) in [5, 5.41) is 13.1. The molecule has 3 aliphatic rings. The fraction of sp³-hybridized carbons (Fsp3) is 0.500. The second-order valence-electron chi connectivity index (χ2n) is 15.1. The number of Topliss-reactive ketones (excluding diaryl/α,β-unsaturated/α-hetero) is 1. The van der Waals surface area contributed by atoms with Gasteiger partial charge in [0, 0.05) is 43.9 Å². The van der Waals surface area contributed by atoms with Gasteiger partial charge in [0.05, 0.1) is 16.5 Å². The van der Waals surface area contributed by atoms with Crippen molar-refractivity contribution >= 4 is 35.6 Å². The molecule has 1 N–H and O–H groups in total. The minimum absolute atomic E-state index is 0.146. The summed E-state index contributed by atoms with van der Waals surface area (Å²) in [5.74, 6) is -6.85. The van der Waals surface area contributed by atoms with Gasteiger partial charge in [-0.05, 0) is 43.5 Å². The van der Waals surface area contributed by atoms with E-state index in [1.807, 2.05) is 0 Å². The molecule has 0 heterocycles. The second kappa shape index (κ2) is 13.9. The van der Waals surface area contributed by atoms with E-state index in [2.05, 4.69) is 6.58 Å². The standard InChI is InChI=1S/C40H46O12/c1-9-38(7)21-27(51-34(44)25-16-12-10-13-17-25)31-39(8)28(20-29(48-22(2)41)40(31,47)36(38)46)37(5,6)32(50-24(4)43)30(49-23(3)42)33(39)52-35(45)26-18-14-11-15-19-26/h9-19,27-33,47H,1,20-21H2,2-8H3/t27?,28-,29+,30-,31?,32+,33-,38-,39-,40-/m0/s1. The van der Waals surface area contributed by atoms with Crippen LogP contribution >= 0.6 is 0 Å². The Kier molecular flexibility index (Phi) is 10.3. The molecule has 0 saturated heterocycles. The van der Waals surface area contributed by atoms with Crippen molar-refractivity contribution in [3.63, 3.8) is 0 Å². The highest BCUT2D eigenvalue weighted by atomic mass is 16.6. The van der Waals surface area contributed by atoms with E-state index >= 15 is 0 Å². The molecule has 0 spiro atoms. The molecule has 0 aromatic heterocycles. The number of hydrogen-bond donors (Lipinski definition) is 1. The van der Waals surface area contributed by atoms with Gasteiger partial charge in [-0.15, -0.1) is 6.58 Å². The lowest BCUT2D eigenvalue weighted by molar-refractivity contribution is -0.314. The zero-order valence-electron chi connectivity index (χ0n) is 30.5. The number of fused-ring (bicyclic) bond motifs is 3. The fourth-order valence-electron chi connectivity index (χ4n) is 9.28. The monoisotopic (exact) mass is 718 g/mol. The smallest absolute Gasteiger partial charge is 0.338 e. The van der Waals surface area contributed by atoms with Gasteiger partial charge in [-0.25, -0.2) is 9.59 Å². The normalized spacial score (nSPS) is 34.7. The highest BCUT2D eigenvalue weighted by molar-refractivity contribution is 5.97. The van der Waals surface area contributed by atoms with Gasteiger partial charge in [0.25, 0.3) is 0 Å². The average Bonchev–Trinajstić information content (AvgIpc) is 3.08. The first-order valence-electron chi connectivity index (χ1n) is 17.3. The quantitative estimate of drug-likeness (QED) is 0.225. The lowest BCUT2D eigenvalue weighted by atomic mass is 9.38. The van der Waals surface area contributed by atoms with Crippen molar-refractivity contribution in [1.29, 1.82) is 0 Å². The van der Waals surface area contributed by atoms with Crippen LogP contribution in [0.15, 0.2) is 73.3 Å². The number of carbonyl (C=O) groups excluding carboxylic acids is 6. The number of hydrogen-bond acceptors (Lipinski definition) is 12. The van der Waals surface area contributed by atoms with Crippen molar-refractivity contribution in [1.82, 2.24) is 0 Å². The van der Waals surface area contributed by atoms with E-state index in [1.165, 1.54) is 25.1 Å². The van der Waals surface area contributed by atoms with Crippen LogP contribution in [-0.2, 0) is 42.9 Å². The highest BCUT2D eigenvalue weighted by Gasteiger charge is 2.79. The number of allylic oxidation sites excluding steroid dienone is 1. The van der Waals surface area contributed by atoms with Gasteiger partial charge in [-0.2, -0.15) is 0 Å². The van der Waals surface area contributed by atoms with Gasteiger partial charge in [0.15, 0.2) is 17.5 Å². The third-order valence-electron chi connectivity index (χ3n) is 11.4.